The first-order valence-corrected chi connectivity index (χ1v) is 5.70. The largest absolute Gasteiger partial charge is 0.496 e. The highest BCUT2D eigenvalue weighted by atomic mass is 16.6. The molecule has 1 aromatic carbocycles. The molecule has 0 saturated heterocycles. The molecule has 100 valence electrons. The third-order valence-electron chi connectivity index (χ3n) is 2.49. The Morgan fingerprint density at radius 2 is 2.17 bits per heavy atom. The molecule has 0 radical (unpaired) electrons. The Balaban J connectivity index is 2.61. The van der Waals surface area contributed by atoms with Crippen molar-refractivity contribution in [1.29, 1.82) is 0 Å². The fraction of sp³-hybridized carbons (Fsp3) is 0.500. The average molecular weight is 254 g/mol. The van der Waals surface area contributed by atoms with Crippen LogP contribution < -0.4 is 10.1 Å². The second kappa shape index (κ2) is 7.62. The van der Waals surface area contributed by atoms with E-state index in [4.69, 9.17) is 9.47 Å². The normalized spacial score (nSPS) is 10.3. The van der Waals surface area contributed by atoms with Crippen LogP contribution in [0.5, 0.6) is 5.75 Å². The van der Waals surface area contributed by atoms with Gasteiger partial charge in [0.1, 0.15) is 5.75 Å². The lowest BCUT2D eigenvalue weighted by atomic mass is 10.1. The maximum atomic E-state index is 10.7. The number of rotatable bonds is 8. The van der Waals surface area contributed by atoms with Crippen LogP contribution in [0.25, 0.3) is 0 Å². The zero-order valence-corrected chi connectivity index (χ0v) is 10.6. The predicted octanol–water partition coefficient (Wildman–Crippen LogP) is 1.73. The number of non-ortho nitro benzene ring substituents is 1. The van der Waals surface area contributed by atoms with Gasteiger partial charge in [-0.25, -0.2) is 0 Å². The summed E-state index contributed by atoms with van der Waals surface area (Å²) in [6, 6.07) is 4.58. The summed E-state index contributed by atoms with van der Waals surface area (Å²) in [7, 11) is 3.21. The van der Waals surface area contributed by atoms with Gasteiger partial charge in [-0.05, 0) is 19.0 Å². The average Bonchev–Trinajstić information content (AvgIpc) is 2.38. The minimum absolute atomic E-state index is 0.0736. The molecule has 6 heteroatoms. The van der Waals surface area contributed by atoms with Crippen molar-refractivity contribution in [3.05, 3.63) is 33.9 Å². The molecule has 0 aliphatic heterocycles. The highest BCUT2D eigenvalue weighted by molar-refractivity contribution is 5.43. The number of ether oxygens (including phenoxy) is 2. The Labute approximate surface area is 106 Å². The van der Waals surface area contributed by atoms with E-state index in [0.717, 1.165) is 18.5 Å². The van der Waals surface area contributed by atoms with Crippen LogP contribution >= 0.6 is 0 Å². The molecule has 18 heavy (non-hydrogen) atoms. The summed E-state index contributed by atoms with van der Waals surface area (Å²) in [6.07, 6.45) is 0.897. The molecule has 1 N–H and O–H groups in total. The van der Waals surface area contributed by atoms with Gasteiger partial charge in [-0.1, -0.05) is 0 Å². The molecular formula is C12H18N2O4. The Morgan fingerprint density at radius 3 is 2.78 bits per heavy atom. The number of benzene rings is 1. The lowest BCUT2D eigenvalue weighted by Crippen LogP contribution is -2.16. The second-order valence-electron chi connectivity index (χ2n) is 3.78. The standard InChI is InChI=1S/C12H18N2O4/c1-17-7-3-6-13-9-10-8-11(14(15)16)4-5-12(10)18-2/h4-5,8,13H,3,6-7,9H2,1-2H3. The predicted molar refractivity (Wildman–Crippen MR) is 67.8 cm³/mol. The maximum absolute atomic E-state index is 10.7. The summed E-state index contributed by atoms with van der Waals surface area (Å²) in [5, 5.41) is 13.9. The molecule has 1 rings (SSSR count). The topological polar surface area (TPSA) is 73.6 Å². The van der Waals surface area contributed by atoms with E-state index >= 15 is 0 Å². The Kier molecular flexibility index (Phi) is 6.10. The molecule has 6 nitrogen and oxygen atoms in total. The minimum atomic E-state index is -0.409. The zero-order valence-electron chi connectivity index (χ0n) is 10.6. The molecule has 0 aliphatic carbocycles. The van der Waals surface area contributed by atoms with Crippen LogP contribution in [-0.2, 0) is 11.3 Å². The first-order valence-electron chi connectivity index (χ1n) is 5.70. The first kappa shape index (κ1) is 14.4. The number of nitrogens with zero attached hydrogens (tertiary/aromatic N) is 1. The van der Waals surface area contributed by atoms with Crippen molar-refractivity contribution in [2.45, 2.75) is 13.0 Å². The van der Waals surface area contributed by atoms with Gasteiger partial charge in [0.15, 0.2) is 0 Å². The number of nitrogens with one attached hydrogen (secondary N) is 1. The maximum Gasteiger partial charge on any atom is 0.270 e. The number of hydrogen-bond donors (Lipinski definition) is 1. The minimum Gasteiger partial charge on any atom is -0.496 e. The molecule has 0 amide bonds. The molecule has 0 saturated carbocycles. The van der Waals surface area contributed by atoms with Gasteiger partial charge < -0.3 is 14.8 Å². The van der Waals surface area contributed by atoms with Gasteiger partial charge in [0.05, 0.1) is 12.0 Å². The van der Waals surface area contributed by atoms with Crippen LogP contribution in [0.4, 0.5) is 5.69 Å². The van der Waals surface area contributed by atoms with Crippen molar-refractivity contribution in [3.63, 3.8) is 0 Å². The van der Waals surface area contributed by atoms with Gasteiger partial charge in [0.25, 0.3) is 5.69 Å². The number of methoxy groups -OCH3 is 2. The summed E-state index contributed by atoms with van der Waals surface area (Å²) >= 11 is 0. The fourth-order valence-electron chi connectivity index (χ4n) is 1.58. The molecule has 1 aromatic rings. The van der Waals surface area contributed by atoms with E-state index in [2.05, 4.69) is 5.32 Å². The van der Waals surface area contributed by atoms with Gasteiger partial charge in [0.2, 0.25) is 0 Å². The van der Waals surface area contributed by atoms with E-state index in [1.807, 2.05) is 0 Å². The van der Waals surface area contributed by atoms with Crippen molar-refractivity contribution in [2.75, 3.05) is 27.4 Å². The van der Waals surface area contributed by atoms with Gasteiger partial charge in [-0.15, -0.1) is 0 Å². The molecule has 0 aromatic heterocycles. The Morgan fingerprint density at radius 1 is 1.39 bits per heavy atom. The molecular weight excluding hydrogens is 236 g/mol. The second-order valence-corrected chi connectivity index (χ2v) is 3.78. The van der Waals surface area contributed by atoms with Crippen molar-refractivity contribution in [2.24, 2.45) is 0 Å². The van der Waals surface area contributed by atoms with Crippen LogP contribution in [0.1, 0.15) is 12.0 Å². The van der Waals surface area contributed by atoms with E-state index < -0.39 is 4.92 Å². The monoisotopic (exact) mass is 254 g/mol. The van der Waals surface area contributed by atoms with Gasteiger partial charge in [-0.3, -0.25) is 10.1 Å². The van der Waals surface area contributed by atoms with E-state index in [1.165, 1.54) is 12.1 Å². The third kappa shape index (κ3) is 4.31. The zero-order chi connectivity index (χ0) is 13.4. The van der Waals surface area contributed by atoms with Crippen molar-refractivity contribution < 1.29 is 14.4 Å². The highest BCUT2D eigenvalue weighted by Crippen LogP contribution is 2.23. The van der Waals surface area contributed by atoms with Gasteiger partial charge in [0, 0.05) is 38.0 Å². The Bertz CT molecular complexity index is 396. The van der Waals surface area contributed by atoms with Crippen LogP contribution in [0, 0.1) is 10.1 Å². The van der Waals surface area contributed by atoms with Crippen LogP contribution in [0.2, 0.25) is 0 Å². The highest BCUT2D eigenvalue weighted by Gasteiger charge is 2.10. The molecule has 0 heterocycles. The van der Waals surface area contributed by atoms with Crippen LogP contribution in [0.3, 0.4) is 0 Å². The Hall–Kier alpha value is -1.66. The van der Waals surface area contributed by atoms with Crippen LogP contribution in [0.15, 0.2) is 18.2 Å². The van der Waals surface area contributed by atoms with Crippen LogP contribution in [-0.4, -0.2) is 32.3 Å². The van der Waals surface area contributed by atoms with Crippen molar-refractivity contribution >= 4 is 5.69 Å². The lowest BCUT2D eigenvalue weighted by Gasteiger charge is -2.09. The van der Waals surface area contributed by atoms with E-state index in [0.29, 0.717) is 18.9 Å². The van der Waals surface area contributed by atoms with Gasteiger partial charge >= 0.3 is 0 Å². The number of hydrogen-bond acceptors (Lipinski definition) is 5. The summed E-state index contributed by atoms with van der Waals surface area (Å²) in [4.78, 5) is 10.3. The van der Waals surface area contributed by atoms with E-state index in [9.17, 15) is 10.1 Å². The third-order valence-corrected chi connectivity index (χ3v) is 2.49. The summed E-state index contributed by atoms with van der Waals surface area (Å²) in [6.45, 7) is 2.02. The number of nitro benzene ring substituents is 1. The quantitative estimate of drug-likeness (QED) is 0.434. The molecule has 0 fully saturated rings. The summed E-state index contributed by atoms with van der Waals surface area (Å²) in [5.41, 5.74) is 0.855. The van der Waals surface area contributed by atoms with Crippen molar-refractivity contribution in [3.8, 4) is 5.75 Å². The molecule has 0 bridgehead atoms. The molecule has 0 unspecified atom stereocenters. The molecule has 0 spiro atoms. The first-order chi connectivity index (χ1) is 8.69. The van der Waals surface area contributed by atoms with E-state index in [1.54, 1.807) is 20.3 Å². The SMILES string of the molecule is COCCCNCc1cc([N+](=O)[O-])ccc1OC. The number of nitro groups is 1. The molecule has 0 aliphatic rings. The van der Waals surface area contributed by atoms with E-state index in [-0.39, 0.29) is 5.69 Å². The van der Waals surface area contributed by atoms with Gasteiger partial charge in [-0.2, -0.15) is 0 Å². The lowest BCUT2D eigenvalue weighted by molar-refractivity contribution is -0.384. The summed E-state index contributed by atoms with van der Waals surface area (Å²) < 4.78 is 10.1. The van der Waals surface area contributed by atoms with Crippen molar-refractivity contribution in [1.82, 2.24) is 5.32 Å². The fourth-order valence-corrected chi connectivity index (χ4v) is 1.58. The smallest absolute Gasteiger partial charge is 0.270 e. The summed E-state index contributed by atoms with van der Waals surface area (Å²) in [5.74, 6) is 0.653. The molecule has 0 atom stereocenters.